The van der Waals surface area contributed by atoms with Crippen molar-refractivity contribution in [1.82, 2.24) is 0 Å². The average Bonchev–Trinajstić information content (AvgIpc) is 3.20. The summed E-state index contributed by atoms with van der Waals surface area (Å²) >= 11 is 0. The summed E-state index contributed by atoms with van der Waals surface area (Å²) in [5, 5.41) is 0. The van der Waals surface area contributed by atoms with Crippen LogP contribution in [0.1, 0.15) is 72.6 Å². The van der Waals surface area contributed by atoms with Gasteiger partial charge >= 0.3 is 11.9 Å². The van der Waals surface area contributed by atoms with Gasteiger partial charge in [-0.25, -0.2) is 9.59 Å². The summed E-state index contributed by atoms with van der Waals surface area (Å²) in [6.07, 6.45) is 16.6. The third-order valence-corrected chi connectivity index (χ3v) is 5.10. The van der Waals surface area contributed by atoms with Crippen LogP contribution in [0.3, 0.4) is 0 Å². The van der Waals surface area contributed by atoms with Crippen molar-refractivity contribution in [2.24, 2.45) is 0 Å². The number of hydrogen-bond acceptors (Lipinski definition) is 4. The van der Waals surface area contributed by atoms with Crippen LogP contribution in [0.25, 0.3) is 0 Å². The van der Waals surface area contributed by atoms with Crippen molar-refractivity contribution < 1.29 is 19.1 Å². The first-order chi connectivity index (χ1) is 13.8. The van der Waals surface area contributed by atoms with E-state index < -0.39 is 0 Å². The van der Waals surface area contributed by atoms with Crippen LogP contribution >= 0.6 is 0 Å². The molecule has 0 aromatic heterocycles. The Morgan fingerprint density at radius 2 is 1.72 bits per heavy atom. The summed E-state index contributed by atoms with van der Waals surface area (Å²) in [4.78, 5) is 22.9. The molecule has 4 nitrogen and oxygen atoms in total. The molecular formula is C25H34O4. The lowest BCUT2D eigenvalue weighted by atomic mass is 10.0. The molecule has 1 saturated heterocycles. The molecular weight excluding hydrogens is 364 g/mol. The Hall–Kier alpha value is -2.36. The maximum Gasteiger partial charge on any atom is 0.334 e. The zero-order chi connectivity index (χ0) is 21.2. The number of carbonyl (C=O) groups is 2. The molecule has 0 N–H and O–H groups in total. The minimum Gasteiger partial charge on any atom is -0.458 e. The Labute approximate surface area is 175 Å². The topological polar surface area (TPSA) is 52.6 Å². The van der Waals surface area contributed by atoms with E-state index in [1.54, 1.807) is 6.08 Å². The van der Waals surface area contributed by atoms with Crippen LogP contribution < -0.4 is 0 Å². The van der Waals surface area contributed by atoms with Gasteiger partial charge in [0.05, 0.1) is 0 Å². The largest absolute Gasteiger partial charge is 0.458 e. The Bertz CT molecular complexity index is 758. The van der Waals surface area contributed by atoms with Crippen LogP contribution in [0.2, 0.25) is 0 Å². The van der Waals surface area contributed by atoms with E-state index in [0.29, 0.717) is 13.0 Å². The Balaban J connectivity index is 1.66. The maximum absolute atomic E-state index is 11.9. The van der Waals surface area contributed by atoms with Crippen molar-refractivity contribution in [3.63, 3.8) is 0 Å². The van der Waals surface area contributed by atoms with Crippen LogP contribution in [-0.4, -0.2) is 24.6 Å². The molecule has 1 atom stereocenters. The molecule has 0 aromatic carbocycles. The molecule has 0 spiro atoms. The van der Waals surface area contributed by atoms with Crippen LogP contribution in [0, 0.1) is 0 Å². The van der Waals surface area contributed by atoms with Gasteiger partial charge in [-0.3, -0.25) is 0 Å². The molecule has 4 heteroatoms. The molecule has 0 aromatic rings. The molecule has 2 heterocycles. The highest BCUT2D eigenvalue weighted by Crippen LogP contribution is 2.23. The van der Waals surface area contributed by atoms with Gasteiger partial charge in [0.15, 0.2) is 0 Å². The molecule has 0 amide bonds. The molecule has 1 fully saturated rings. The number of cyclic esters (lactones) is 2. The molecule has 0 aliphatic carbocycles. The highest BCUT2D eigenvalue weighted by atomic mass is 16.5. The number of esters is 2. The summed E-state index contributed by atoms with van der Waals surface area (Å²) in [6, 6.07) is 0. The zero-order valence-electron chi connectivity index (χ0n) is 18.3. The molecule has 0 unspecified atom stereocenters. The fourth-order valence-corrected chi connectivity index (χ4v) is 3.47. The van der Waals surface area contributed by atoms with Crippen LogP contribution in [0.5, 0.6) is 0 Å². The van der Waals surface area contributed by atoms with E-state index >= 15 is 0 Å². The van der Waals surface area contributed by atoms with Crippen molar-refractivity contribution in [3.05, 3.63) is 58.2 Å². The lowest BCUT2D eigenvalue weighted by Crippen LogP contribution is -2.02. The predicted octanol–water partition coefficient (Wildman–Crippen LogP) is 5.91. The summed E-state index contributed by atoms with van der Waals surface area (Å²) in [5.41, 5.74) is 5.80. The van der Waals surface area contributed by atoms with E-state index in [-0.39, 0.29) is 18.0 Å². The highest BCUT2D eigenvalue weighted by molar-refractivity contribution is 5.90. The van der Waals surface area contributed by atoms with E-state index in [1.165, 1.54) is 16.7 Å². The van der Waals surface area contributed by atoms with E-state index in [4.69, 9.17) is 9.47 Å². The Morgan fingerprint density at radius 3 is 2.38 bits per heavy atom. The van der Waals surface area contributed by atoms with Crippen LogP contribution in [-0.2, 0) is 19.1 Å². The summed E-state index contributed by atoms with van der Waals surface area (Å²) in [5.74, 6) is -0.381. The second-order valence-corrected chi connectivity index (χ2v) is 8.25. The van der Waals surface area contributed by atoms with Gasteiger partial charge in [0, 0.05) is 18.1 Å². The van der Waals surface area contributed by atoms with Gasteiger partial charge in [0.25, 0.3) is 0 Å². The molecule has 0 radical (unpaired) electrons. The second-order valence-electron chi connectivity index (χ2n) is 8.25. The van der Waals surface area contributed by atoms with Gasteiger partial charge in [-0.05, 0) is 77.9 Å². The predicted molar refractivity (Wildman–Crippen MR) is 116 cm³/mol. The fourth-order valence-electron chi connectivity index (χ4n) is 3.47. The molecule has 0 saturated carbocycles. The molecule has 0 bridgehead atoms. The molecule has 2 aliphatic rings. The first-order valence-electron chi connectivity index (χ1n) is 10.6. The lowest BCUT2D eigenvalue weighted by molar-refractivity contribution is -0.137. The Kier molecular flexibility index (Phi) is 9.17. The van der Waals surface area contributed by atoms with Crippen molar-refractivity contribution in [1.29, 1.82) is 0 Å². The van der Waals surface area contributed by atoms with Gasteiger partial charge in [0.2, 0.25) is 0 Å². The second kappa shape index (κ2) is 11.6. The Morgan fingerprint density at radius 1 is 1.03 bits per heavy atom. The first kappa shape index (κ1) is 22.9. The maximum atomic E-state index is 11.9. The molecule has 2 aliphatic heterocycles. The standard InChI is InChI=1S/C25H34O4/c1-18(2)14-23-16-22(25(27)29-23)13-7-11-20(4)9-5-8-19(3)10-6-12-21-15-24(26)28-17-21/h9-10,13-15,23H,5-8,11-12,16-17H2,1-4H3/b19-10+,20-9+,22-13-/t23-/m0/s1. The summed E-state index contributed by atoms with van der Waals surface area (Å²) < 4.78 is 10.3. The van der Waals surface area contributed by atoms with E-state index in [9.17, 15) is 9.59 Å². The van der Waals surface area contributed by atoms with Crippen molar-refractivity contribution in [2.45, 2.75) is 78.7 Å². The number of allylic oxidation sites excluding steroid dienone is 6. The fraction of sp³-hybridized carbons (Fsp3) is 0.520. The van der Waals surface area contributed by atoms with E-state index in [2.05, 4.69) is 26.0 Å². The third-order valence-electron chi connectivity index (χ3n) is 5.10. The van der Waals surface area contributed by atoms with Crippen LogP contribution in [0.4, 0.5) is 0 Å². The van der Waals surface area contributed by atoms with Gasteiger partial charge < -0.3 is 9.47 Å². The monoisotopic (exact) mass is 398 g/mol. The number of carbonyl (C=O) groups excluding carboxylic acids is 2. The molecule has 29 heavy (non-hydrogen) atoms. The normalized spacial score (nSPS) is 21.3. The van der Waals surface area contributed by atoms with Gasteiger partial charge in [-0.2, -0.15) is 0 Å². The van der Waals surface area contributed by atoms with Crippen molar-refractivity contribution in [3.8, 4) is 0 Å². The molecule has 158 valence electrons. The number of rotatable bonds is 10. The van der Waals surface area contributed by atoms with E-state index in [0.717, 1.165) is 49.7 Å². The summed E-state index contributed by atoms with van der Waals surface area (Å²) in [7, 11) is 0. The highest BCUT2D eigenvalue weighted by Gasteiger charge is 2.26. The van der Waals surface area contributed by atoms with Gasteiger partial charge in [-0.1, -0.05) is 34.9 Å². The van der Waals surface area contributed by atoms with Crippen molar-refractivity contribution >= 4 is 11.9 Å². The third kappa shape index (κ3) is 8.68. The first-order valence-corrected chi connectivity index (χ1v) is 10.6. The number of hydrogen-bond donors (Lipinski definition) is 0. The van der Waals surface area contributed by atoms with Gasteiger partial charge in [-0.15, -0.1) is 0 Å². The minimum absolute atomic E-state index is 0.0943. The SMILES string of the molecule is CC(C)=C[C@H]1C/C(=C/CC/C(C)=C/CC/C(C)=C/CCC2=CC(=O)OC2)C(=O)O1. The number of ether oxygens (including phenoxy) is 2. The van der Waals surface area contributed by atoms with Crippen molar-refractivity contribution in [2.75, 3.05) is 6.61 Å². The zero-order valence-corrected chi connectivity index (χ0v) is 18.3. The smallest absolute Gasteiger partial charge is 0.334 e. The van der Waals surface area contributed by atoms with Crippen LogP contribution in [0.15, 0.2) is 58.2 Å². The lowest BCUT2D eigenvalue weighted by Gasteiger charge is -2.02. The average molecular weight is 399 g/mol. The summed E-state index contributed by atoms with van der Waals surface area (Å²) in [6.45, 7) is 8.81. The van der Waals surface area contributed by atoms with Gasteiger partial charge in [0.1, 0.15) is 12.7 Å². The molecule has 2 rings (SSSR count). The minimum atomic E-state index is -0.213. The quantitative estimate of drug-likeness (QED) is 0.261. The van der Waals surface area contributed by atoms with E-state index in [1.807, 2.05) is 26.0 Å².